The van der Waals surface area contributed by atoms with Crippen LogP contribution in [0.15, 0.2) is 11.0 Å². The van der Waals surface area contributed by atoms with Gasteiger partial charge in [0.05, 0.1) is 19.1 Å². The second kappa shape index (κ2) is 4.57. The first-order valence-electron chi connectivity index (χ1n) is 4.29. The molecule has 2 N–H and O–H groups in total. The van der Waals surface area contributed by atoms with Crippen LogP contribution in [0.1, 0.15) is 11.1 Å². The smallest absolute Gasteiger partial charge is 0.174 e. The molecule has 3 nitrogen and oxygen atoms in total. The molecule has 0 aromatic heterocycles. The van der Waals surface area contributed by atoms with Gasteiger partial charge in [0.15, 0.2) is 11.5 Å². The second-order valence-electron chi connectivity index (χ2n) is 2.96. The van der Waals surface area contributed by atoms with Gasteiger partial charge in [-0.15, -0.1) is 12.6 Å². The Bertz CT molecular complexity index is 339. The summed E-state index contributed by atoms with van der Waals surface area (Å²) in [5.41, 5.74) is 7.68. The van der Waals surface area contributed by atoms with Crippen LogP contribution in [0, 0.1) is 6.92 Å². The van der Waals surface area contributed by atoms with E-state index in [0.717, 1.165) is 16.0 Å². The normalized spacial score (nSPS) is 10.1. The van der Waals surface area contributed by atoms with Crippen LogP contribution in [-0.2, 0) is 6.54 Å². The maximum absolute atomic E-state index is 5.62. The van der Waals surface area contributed by atoms with E-state index >= 15 is 0 Å². The fourth-order valence-electron chi connectivity index (χ4n) is 1.40. The van der Waals surface area contributed by atoms with E-state index in [1.165, 1.54) is 0 Å². The molecule has 0 bridgehead atoms. The standard InChI is InChI=1S/C10H15NO2S/c1-6-4-8(12-2)9(13-3)10(14)7(6)5-11/h4,14H,5,11H2,1-3H3. The van der Waals surface area contributed by atoms with Gasteiger partial charge in [-0.2, -0.15) is 0 Å². The lowest BCUT2D eigenvalue weighted by Crippen LogP contribution is -2.03. The van der Waals surface area contributed by atoms with Crippen molar-refractivity contribution in [2.45, 2.75) is 18.4 Å². The summed E-state index contributed by atoms with van der Waals surface area (Å²) in [6.07, 6.45) is 0. The van der Waals surface area contributed by atoms with Crippen molar-refractivity contribution >= 4 is 12.6 Å². The van der Waals surface area contributed by atoms with Crippen LogP contribution < -0.4 is 15.2 Å². The number of hydrogen-bond acceptors (Lipinski definition) is 4. The van der Waals surface area contributed by atoms with Gasteiger partial charge in [-0.3, -0.25) is 0 Å². The quantitative estimate of drug-likeness (QED) is 0.752. The lowest BCUT2D eigenvalue weighted by Gasteiger charge is -2.15. The van der Waals surface area contributed by atoms with Crippen LogP contribution in [0.3, 0.4) is 0 Å². The van der Waals surface area contributed by atoms with Crippen molar-refractivity contribution in [2.24, 2.45) is 5.73 Å². The largest absolute Gasteiger partial charge is 0.493 e. The zero-order valence-electron chi connectivity index (χ0n) is 8.63. The van der Waals surface area contributed by atoms with Crippen molar-refractivity contribution in [1.82, 2.24) is 0 Å². The first kappa shape index (κ1) is 11.2. The third kappa shape index (κ3) is 1.81. The number of nitrogens with two attached hydrogens (primary N) is 1. The van der Waals surface area contributed by atoms with E-state index in [9.17, 15) is 0 Å². The van der Waals surface area contributed by atoms with E-state index in [-0.39, 0.29) is 0 Å². The molecule has 78 valence electrons. The minimum absolute atomic E-state index is 0.449. The molecule has 1 aromatic rings. The van der Waals surface area contributed by atoms with Crippen molar-refractivity contribution in [2.75, 3.05) is 14.2 Å². The number of rotatable bonds is 3. The average molecular weight is 213 g/mol. The molecule has 0 radical (unpaired) electrons. The van der Waals surface area contributed by atoms with Crippen molar-refractivity contribution in [1.29, 1.82) is 0 Å². The van der Waals surface area contributed by atoms with E-state index in [1.54, 1.807) is 14.2 Å². The molecule has 0 spiro atoms. The van der Waals surface area contributed by atoms with E-state index in [1.807, 2.05) is 13.0 Å². The van der Waals surface area contributed by atoms with Crippen LogP contribution in [0.5, 0.6) is 11.5 Å². The molecule has 1 aromatic carbocycles. The predicted molar refractivity (Wildman–Crippen MR) is 59.4 cm³/mol. The molecule has 1 rings (SSSR count). The molecule has 0 saturated heterocycles. The summed E-state index contributed by atoms with van der Waals surface area (Å²) in [4.78, 5) is 0.756. The second-order valence-corrected chi connectivity index (χ2v) is 3.41. The van der Waals surface area contributed by atoms with Crippen molar-refractivity contribution in [3.05, 3.63) is 17.2 Å². The zero-order chi connectivity index (χ0) is 10.7. The number of thiol groups is 1. The molecule has 0 aliphatic carbocycles. The number of ether oxygens (including phenoxy) is 2. The highest BCUT2D eigenvalue weighted by Gasteiger charge is 2.13. The Balaban J connectivity index is 3.39. The maximum Gasteiger partial charge on any atom is 0.174 e. The van der Waals surface area contributed by atoms with Gasteiger partial charge < -0.3 is 15.2 Å². The van der Waals surface area contributed by atoms with Gasteiger partial charge in [-0.1, -0.05) is 0 Å². The fraction of sp³-hybridized carbons (Fsp3) is 0.400. The Hall–Kier alpha value is -0.870. The summed E-state index contributed by atoms with van der Waals surface area (Å²) >= 11 is 4.38. The summed E-state index contributed by atoms with van der Waals surface area (Å²) in [6.45, 7) is 2.43. The van der Waals surface area contributed by atoms with Gasteiger partial charge in [-0.05, 0) is 24.1 Å². The van der Waals surface area contributed by atoms with E-state index in [0.29, 0.717) is 18.0 Å². The Morgan fingerprint density at radius 1 is 1.36 bits per heavy atom. The number of methoxy groups -OCH3 is 2. The molecular weight excluding hydrogens is 198 g/mol. The van der Waals surface area contributed by atoms with Crippen molar-refractivity contribution in [3.63, 3.8) is 0 Å². The molecule has 0 atom stereocenters. The van der Waals surface area contributed by atoms with Gasteiger partial charge in [0.1, 0.15) is 0 Å². The average Bonchev–Trinajstić information content (AvgIpc) is 2.17. The molecule has 0 saturated carbocycles. The molecule has 0 aliphatic heterocycles. The molecule has 14 heavy (non-hydrogen) atoms. The molecule has 0 amide bonds. The minimum Gasteiger partial charge on any atom is -0.493 e. The lowest BCUT2D eigenvalue weighted by molar-refractivity contribution is 0.347. The van der Waals surface area contributed by atoms with Crippen LogP contribution in [0.4, 0.5) is 0 Å². The van der Waals surface area contributed by atoms with Crippen LogP contribution in [0.2, 0.25) is 0 Å². The fourth-order valence-corrected chi connectivity index (χ4v) is 1.87. The Kier molecular flexibility index (Phi) is 3.66. The molecule has 0 aliphatic rings. The highest BCUT2D eigenvalue weighted by Crippen LogP contribution is 2.37. The zero-order valence-corrected chi connectivity index (χ0v) is 9.52. The monoisotopic (exact) mass is 213 g/mol. The van der Waals surface area contributed by atoms with Gasteiger partial charge in [0.2, 0.25) is 0 Å². The molecule has 0 fully saturated rings. The van der Waals surface area contributed by atoms with Crippen LogP contribution in [0.25, 0.3) is 0 Å². The highest BCUT2D eigenvalue weighted by molar-refractivity contribution is 7.80. The van der Waals surface area contributed by atoms with Gasteiger partial charge >= 0.3 is 0 Å². The third-order valence-corrected chi connectivity index (χ3v) is 2.65. The maximum atomic E-state index is 5.62. The summed E-state index contributed by atoms with van der Waals surface area (Å²) in [5.74, 6) is 1.33. The first-order chi connectivity index (χ1) is 6.65. The Morgan fingerprint density at radius 2 is 2.00 bits per heavy atom. The van der Waals surface area contributed by atoms with E-state index in [4.69, 9.17) is 15.2 Å². The molecule has 0 unspecified atom stereocenters. The predicted octanol–water partition coefficient (Wildman–Crippen LogP) is 1.76. The summed E-state index contributed by atoms with van der Waals surface area (Å²) in [6, 6.07) is 1.90. The Labute approximate surface area is 89.6 Å². The summed E-state index contributed by atoms with van der Waals surface area (Å²) < 4.78 is 10.4. The summed E-state index contributed by atoms with van der Waals surface area (Å²) in [7, 11) is 3.19. The van der Waals surface area contributed by atoms with Gasteiger partial charge in [0.25, 0.3) is 0 Å². The summed E-state index contributed by atoms with van der Waals surface area (Å²) in [5, 5.41) is 0. The van der Waals surface area contributed by atoms with Crippen molar-refractivity contribution in [3.8, 4) is 11.5 Å². The highest BCUT2D eigenvalue weighted by atomic mass is 32.1. The topological polar surface area (TPSA) is 44.5 Å². The Morgan fingerprint density at radius 3 is 2.43 bits per heavy atom. The minimum atomic E-state index is 0.449. The van der Waals surface area contributed by atoms with Crippen LogP contribution >= 0.6 is 12.6 Å². The third-order valence-electron chi connectivity index (χ3n) is 2.18. The van der Waals surface area contributed by atoms with Crippen LogP contribution in [-0.4, -0.2) is 14.2 Å². The molecular formula is C10H15NO2S. The van der Waals surface area contributed by atoms with Gasteiger partial charge in [0, 0.05) is 6.54 Å². The van der Waals surface area contributed by atoms with Gasteiger partial charge in [-0.25, -0.2) is 0 Å². The van der Waals surface area contributed by atoms with Crippen molar-refractivity contribution < 1.29 is 9.47 Å². The molecule has 4 heteroatoms. The number of aryl methyl sites for hydroxylation is 1. The SMILES string of the molecule is COc1cc(C)c(CN)c(S)c1OC. The number of hydrogen-bond donors (Lipinski definition) is 2. The molecule has 0 heterocycles. The lowest BCUT2D eigenvalue weighted by atomic mass is 10.1. The van der Waals surface area contributed by atoms with E-state index < -0.39 is 0 Å². The number of benzene rings is 1. The van der Waals surface area contributed by atoms with E-state index in [2.05, 4.69) is 12.6 Å². The first-order valence-corrected chi connectivity index (χ1v) is 4.73.